The van der Waals surface area contributed by atoms with Crippen molar-refractivity contribution in [1.29, 1.82) is 0 Å². The Morgan fingerprint density at radius 2 is 1.97 bits per heavy atom. The molecule has 1 unspecified atom stereocenters. The fraction of sp³-hybridized carbons (Fsp3) is 0.333. The molecule has 1 atom stereocenters. The lowest BCUT2D eigenvalue weighted by molar-refractivity contribution is -0.143. The molecule has 8 nitrogen and oxygen atoms in total. The second-order valence-electron chi connectivity index (χ2n) is 7.14. The van der Waals surface area contributed by atoms with Crippen molar-refractivity contribution in [3.63, 3.8) is 0 Å². The van der Waals surface area contributed by atoms with Crippen molar-refractivity contribution in [2.45, 2.75) is 32.9 Å². The first-order chi connectivity index (χ1) is 13.9. The van der Waals surface area contributed by atoms with Crippen LogP contribution < -0.4 is 10.9 Å². The second-order valence-corrected chi connectivity index (χ2v) is 7.14. The van der Waals surface area contributed by atoms with Crippen LogP contribution >= 0.6 is 0 Å². The van der Waals surface area contributed by atoms with Gasteiger partial charge < -0.3 is 14.5 Å². The minimum atomic E-state index is -0.756. The number of amides is 1. The molecule has 8 heteroatoms. The Bertz CT molecular complexity index is 1080. The third-order valence-corrected chi connectivity index (χ3v) is 4.44. The van der Waals surface area contributed by atoms with Crippen molar-refractivity contribution in [2.75, 3.05) is 7.11 Å². The van der Waals surface area contributed by atoms with E-state index in [2.05, 4.69) is 10.3 Å². The first-order valence-corrected chi connectivity index (χ1v) is 9.30. The smallest absolute Gasteiger partial charge is 0.328 e. The summed E-state index contributed by atoms with van der Waals surface area (Å²) in [6, 6.07) is 9.44. The van der Waals surface area contributed by atoms with E-state index in [4.69, 9.17) is 9.15 Å². The Morgan fingerprint density at radius 1 is 1.21 bits per heavy atom. The summed E-state index contributed by atoms with van der Waals surface area (Å²) in [6.07, 6.45) is 1.90. The molecule has 1 aromatic carbocycles. The quantitative estimate of drug-likeness (QED) is 0.614. The van der Waals surface area contributed by atoms with E-state index in [1.807, 2.05) is 19.9 Å². The summed E-state index contributed by atoms with van der Waals surface area (Å²) in [4.78, 5) is 41.2. The third kappa shape index (κ3) is 4.71. The number of carbonyl (C=O) groups excluding carboxylic acids is 2. The molecule has 0 aliphatic rings. The zero-order valence-electron chi connectivity index (χ0n) is 16.5. The Labute approximate surface area is 167 Å². The minimum Gasteiger partial charge on any atom is -0.467 e. The van der Waals surface area contributed by atoms with Crippen molar-refractivity contribution >= 4 is 22.8 Å². The molecular weight excluding hydrogens is 374 g/mol. The van der Waals surface area contributed by atoms with E-state index in [0.717, 1.165) is 0 Å². The monoisotopic (exact) mass is 397 g/mol. The molecule has 1 amide bonds. The molecule has 152 valence electrons. The minimum absolute atomic E-state index is 0.0551. The van der Waals surface area contributed by atoms with Gasteiger partial charge in [0.05, 0.1) is 30.9 Å². The summed E-state index contributed by atoms with van der Waals surface area (Å²) in [5.41, 5.74) is 0.424. The number of aromatic nitrogens is 2. The fourth-order valence-electron chi connectivity index (χ4n) is 3.03. The van der Waals surface area contributed by atoms with Crippen LogP contribution in [-0.2, 0) is 16.1 Å². The molecule has 0 bridgehead atoms. The zero-order valence-corrected chi connectivity index (χ0v) is 16.5. The number of ether oxygens (including phenoxy) is 1. The molecule has 0 saturated heterocycles. The van der Waals surface area contributed by atoms with E-state index >= 15 is 0 Å². The molecule has 0 fully saturated rings. The summed E-state index contributed by atoms with van der Waals surface area (Å²) in [5, 5.41) is 3.15. The summed E-state index contributed by atoms with van der Waals surface area (Å²) < 4.78 is 11.8. The number of benzene rings is 1. The SMILES string of the molecule is COC(=O)C(CC(C)C)NC(=O)c1ccc(Cn2cnc3ccccc3c2=O)o1. The number of para-hydroxylation sites is 1. The highest BCUT2D eigenvalue weighted by molar-refractivity contribution is 5.94. The van der Waals surface area contributed by atoms with E-state index < -0.39 is 17.9 Å². The number of furan rings is 1. The lowest BCUT2D eigenvalue weighted by atomic mass is 10.0. The van der Waals surface area contributed by atoms with Crippen LogP contribution in [-0.4, -0.2) is 34.6 Å². The standard InChI is InChI=1S/C21H23N3O5/c1-13(2)10-17(21(27)28-3)23-19(25)18-9-8-14(29-18)11-24-12-22-16-7-5-4-6-15(16)20(24)26/h4-9,12-13,17H,10-11H2,1-3H3,(H,23,25). The van der Waals surface area contributed by atoms with E-state index in [1.165, 1.54) is 24.1 Å². The van der Waals surface area contributed by atoms with E-state index in [9.17, 15) is 14.4 Å². The zero-order chi connectivity index (χ0) is 21.0. The maximum atomic E-state index is 12.6. The molecule has 2 aromatic heterocycles. The van der Waals surface area contributed by atoms with Crippen LogP contribution in [0.1, 0.15) is 36.6 Å². The Balaban J connectivity index is 1.75. The molecule has 2 heterocycles. The van der Waals surface area contributed by atoms with E-state index in [0.29, 0.717) is 23.1 Å². The Hall–Kier alpha value is -3.42. The van der Waals surface area contributed by atoms with Crippen LogP contribution in [0.3, 0.4) is 0 Å². The lowest BCUT2D eigenvalue weighted by Gasteiger charge is -2.17. The highest BCUT2D eigenvalue weighted by Gasteiger charge is 2.24. The molecule has 0 spiro atoms. The molecule has 1 N–H and O–H groups in total. The molecule has 3 rings (SSSR count). The molecule has 0 aliphatic heterocycles. The van der Waals surface area contributed by atoms with Gasteiger partial charge in [-0.3, -0.25) is 14.2 Å². The number of rotatable bonds is 7. The van der Waals surface area contributed by atoms with Gasteiger partial charge in [0.25, 0.3) is 11.5 Å². The molecule has 0 aliphatic carbocycles. The van der Waals surface area contributed by atoms with Gasteiger partial charge in [-0.15, -0.1) is 0 Å². The van der Waals surface area contributed by atoms with Crippen LogP contribution in [0.15, 0.2) is 51.9 Å². The lowest BCUT2D eigenvalue weighted by Crippen LogP contribution is -2.42. The fourth-order valence-corrected chi connectivity index (χ4v) is 3.03. The Kier molecular flexibility index (Phi) is 6.11. The summed E-state index contributed by atoms with van der Waals surface area (Å²) >= 11 is 0. The average Bonchev–Trinajstić information content (AvgIpc) is 3.17. The van der Waals surface area contributed by atoms with Crippen molar-refractivity contribution in [1.82, 2.24) is 14.9 Å². The molecular formula is C21H23N3O5. The first kappa shape index (κ1) is 20.3. The van der Waals surface area contributed by atoms with E-state index in [1.54, 1.807) is 24.3 Å². The number of nitrogens with zero attached hydrogens (tertiary/aromatic N) is 2. The number of methoxy groups -OCH3 is 1. The van der Waals surface area contributed by atoms with Gasteiger partial charge in [0.2, 0.25) is 0 Å². The van der Waals surface area contributed by atoms with Crippen molar-refractivity contribution in [3.05, 3.63) is 64.6 Å². The molecule has 0 radical (unpaired) electrons. The maximum Gasteiger partial charge on any atom is 0.328 e. The molecule has 0 saturated carbocycles. The van der Waals surface area contributed by atoms with Crippen LogP contribution in [0.4, 0.5) is 0 Å². The third-order valence-electron chi connectivity index (χ3n) is 4.44. The van der Waals surface area contributed by atoms with Crippen LogP contribution in [0, 0.1) is 5.92 Å². The van der Waals surface area contributed by atoms with Gasteiger partial charge in [-0.2, -0.15) is 0 Å². The van der Waals surface area contributed by atoms with Crippen molar-refractivity contribution < 1.29 is 18.7 Å². The van der Waals surface area contributed by atoms with Crippen molar-refractivity contribution in [2.24, 2.45) is 5.92 Å². The predicted molar refractivity (Wildman–Crippen MR) is 107 cm³/mol. The van der Waals surface area contributed by atoms with Crippen LogP contribution in [0.25, 0.3) is 10.9 Å². The second kappa shape index (κ2) is 8.72. The van der Waals surface area contributed by atoms with Gasteiger partial charge in [-0.25, -0.2) is 9.78 Å². The molecule has 29 heavy (non-hydrogen) atoms. The number of nitrogens with one attached hydrogen (secondary N) is 1. The number of fused-ring (bicyclic) bond motifs is 1. The number of hydrogen-bond acceptors (Lipinski definition) is 6. The van der Waals surface area contributed by atoms with Gasteiger partial charge in [0, 0.05) is 0 Å². The van der Waals surface area contributed by atoms with Gasteiger partial charge in [0.1, 0.15) is 11.8 Å². The van der Waals surface area contributed by atoms with Gasteiger partial charge >= 0.3 is 5.97 Å². The summed E-state index contributed by atoms with van der Waals surface area (Å²) in [6.45, 7) is 4.03. The normalized spacial score (nSPS) is 12.1. The number of hydrogen-bond donors (Lipinski definition) is 1. The van der Waals surface area contributed by atoms with Gasteiger partial charge in [-0.05, 0) is 36.6 Å². The van der Waals surface area contributed by atoms with Crippen LogP contribution in [0.2, 0.25) is 0 Å². The maximum absolute atomic E-state index is 12.6. The first-order valence-electron chi connectivity index (χ1n) is 9.30. The van der Waals surface area contributed by atoms with Gasteiger partial charge in [0.15, 0.2) is 5.76 Å². The highest BCUT2D eigenvalue weighted by Crippen LogP contribution is 2.12. The number of carbonyl (C=O) groups is 2. The summed E-state index contributed by atoms with van der Waals surface area (Å²) in [7, 11) is 1.28. The highest BCUT2D eigenvalue weighted by atomic mass is 16.5. The topological polar surface area (TPSA) is 103 Å². The van der Waals surface area contributed by atoms with Gasteiger partial charge in [-0.1, -0.05) is 26.0 Å². The molecule has 3 aromatic rings. The largest absolute Gasteiger partial charge is 0.467 e. The average molecular weight is 397 g/mol. The summed E-state index contributed by atoms with van der Waals surface area (Å²) in [5.74, 6) is -0.352. The predicted octanol–water partition coefficient (Wildman–Crippen LogP) is 2.36. The number of esters is 1. The van der Waals surface area contributed by atoms with E-state index in [-0.39, 0.29) is 23.8 Å². The van der Waals surface area contributed by atoms with Crippen LogP contribution in [0.5, 0.6) is 0 Å². The van der Waals surface area contributed by atoms with Crippen molar-refractivity contribution in [3.8, 4) is 0 Å². The Morgan fingerprint density at radius 3 is 2.69 bits per heavy atom.